The maximum Gasteiger partial charge on any atom is 0.365 e. The number of benzene rings is 1. The smallest absolute Gasteiger partial charge is 0.365 e. The topological polar surface area (TPSA) is 87.6 Å². The number of carboxylic acid groups (broad SMARTS) is 1. The summed E-state index contributed by atoms with van der Waals surface area (Å²) in [5.41, 5.74) is 0.667. The molecule has 1 aliphatic rings. The van der Waals surface area contributed by atoms with Crippen molar-refractivity contribution >= 4 is 34.7 Å². The predicted octanol–water partition coefficient (Wildman–Crippen LogP) is 1.71. The third kappa shape index (κ3) is 2.19. The van der Waals surface area contributed by atoms with Gasteiger partial charge in [0.05, 0.1) is 23.5 Å². The molecule has 0 saturated heterocycles. The Morgan fingerprint density at radius 2 is 2.14 bits per heavy atom. The van der Waals surface area contributed by atoms with Gasteiger partial charge in [-0.25, -0.2) is 14.2 Å². The highest BCUT2D eigenvalue weighted by molar-refractivity contribution is 7.11. The number of ketones is 1. The Labute approximate surface area is 121 Å². The van der Waals surface area contributed by atoms with Crippen molar-refractivity contribution in [3.63, 3.8) is 0 Å². The van der Waals surface area contributed by atoms with E-state index in [0.717, 1.165) is 28.4 Å². The van der Waals surface area contributed by atoms with Crippen LogP contribution in [0, 0.1) is 5.82 Å². The number of Topliss-reactive ketones (excluding diaryl/α,β-unsaturated/α-hetero) is 1. The number of anilines is 1. The zero-order valence-electron chi connectivity index (χ0n) is 10.4. The van der Waals surface area contributed by atoms with E-state index in [4.69, 9.17) is 5.11 Å². The normalized spacial score (nSPS) is 13.7. The van der Waals surface area contributed by atoms with Crippen molar-refractivity contribution in [1.82, 2.24) is 4.98 Å². The number of aromatic nitrogens is 1. The lowest BCUT2D eigenvalue weighted by atomic mass is 10.1. The van der Waals surface area contributed by atoms with Crippen LogP contribution in [0.2, 0.25) is 0 Å². The lowest BCUT2D eigenvalue weighted by molar-refractivity contribution is -0.114. The Hall–Kier alpha value is -2.61. The van der Waals surface area contributed by atoms with Gasteiger partial charge in [0, 0.05) is 5.38 Å². The second-order valence-corrected chi connectivity index (χ2v) is 5.19. The summed E-state index contributed by atoms with van der Waals surface area (Å²) >= 11 is 0.933. The lowest BCUT2D eigenvalue weighted by Gasteiger charge is -2.14. The average Bonchev–Trinajstić information content (AvgIpc) is 2.99. The molecular formula is C13H7FN2O4S. The minimum absolute atomic E-state index is 0.00804. The van der Waals surface area contributed by atoms with Crippen LogP contribution in [0.5, 0.6) is 0 Å². The zero-order chi connectivity index (χ0) is 15.1. The quantitative estimate of drug-likeness (QED) is 0.872. The average molecular weight is 306 g/mol. The summed E-state index contributed by atoms with van der Waals surface area (Å²) in [6.07, 6.45) is 0. The van der Waals surface area contributed by atoms with E-state index in [0.29, 0.717) is 11.4 Å². The van der Waals surface area contributed by atoms with Crippen LogP contribution in [0.15, 0.2) is 23.6 Å². The number of rotatable bonds is 3. The van der Waals surface area contributed by atoms with Gasteiger partial charge in [-0.2, -0.15) is 0 Å². The summed E-state index contributed by atoms with van der Waals surface area (Å²) in [4.78, 5) is 39.5. The van der Waals surface area contributed by atoms with Gasteiger partial charge in [-0.3, -0.25) is 14.5 Å². The van der Waals surface area contributed by atoms with Crippen LogP contribution >= 0.6 is 11.3 Å². The fourth-order valence-electron chi connectivity index (χ4n) is 2.07. The largest absolute Gasteiger partial charge is 0.476 e. The van der Waals surface area contributed by atoms with E-state index in [9.17, 15) is 18.8 Å². The first kappa shape index (κ1) is 13.4. The summed E-state index contributed by atoms with van der Waals surface area (Å²) in [7, 11) is 0. The summed E-state index contributed by atoms with van der Waals surface area (Å²) in [6, 6.07) is 3.51. The highest BCUT2D eigenvalue weighted by atomic mass is 32.1. The molecule has 0 saturated carbocycles. The summed E-state index contributed by atoms with van der Waals surface area (Å²) in [5.74, 6) is -3.31. The maximum atomic E-state index is 13.2. The SMILES string of the molecule is O=C(O)c1nc(CN2C(=O)C(=O)c3cc(F)ccc32)cs1. The molecule has 2 aromatic rings. The number of halogens is 1. The van der Waals surface area contributed by atoms with E-state index in [-0.39, 0.29) is 17.1 Å². The highest BCUT2D eigenvalue weighted by Gasteiger charge is 2.36. The van der Waals surface area contributed by atoms with E-state index in [1.165, 1.54) is 11.4 Å². The molecule has 0 bridgehead atoms. The van der Waals surface area contributed by atoms with Gasteiger partial charge in [0.1, 0.15) is 5.82 Å². The van der Waals surface area contributed by atoms with Crippen molar-refractivity contribution in [2.75, 3.05) is 4.90 Å². The highest BCUT2D eigenvalue weighted by Crippen LogP contribution is 2.31. The number of hydrogen-bond donors (Lipinski definition) is 1. The fourth-order valence-corrected chi connectivity index (χ4v) is 2.72. The molecule has 0 unspecified atom stereocenters. The van der Waals surface area contributed by atoms with Crippen LogP contribution in [0.3, 0.4) is 0 Å². The number of carbonyl (C=O) groups excluding carboxylic acids is 2. The van der Waals surface area contributed by atoms with Gasteiger partial charge in [0.2, 0.25) is 5.01 Å². The molecule has 1 N–H and O–H groups in total. The second kappa shape index (κ2) is 4.74. The van der Waals surface area contributed by atoms with Crippen LogP contribution in [-0.4, -0.2) is 27.8 Å². The van der Waals surface area contributed by atoms with Gasteiger partial charge in [-0.15, -0.1) is 11.3 Å². The lowest BCUT2D eigenvalue weighted by Crippen LogP contribution is -2.29. The number of amides is 1. The molecule has 1 aliphatic heterocycles. The molecule has 3 rings (SSSR count). The number of carbonyl (C=O) groups is 3. The first-order valence-corrected chi connectivity index (χ1v) is 6.69. The van der Waals surface area contributed by atoms with Gasteiger partial charge in [0.25, 0.3) is 11.7 Å². The third-order valence-electron chi connectivity index (χ3n) is 2.99. The molecule has 0 fully saturated rings. The molecule has 1 aromatic heterocycles. The van der Waals surface area contributed by atoms with E-state index >= 15 is 0 Å². The Morgan fingerprint density at radius 3 is 2.81 bits per heavy atom. The van der Waals surface area contributed by atoms with Gasteiger partial charge in [-0.05, 0) is 18.2 Å². The van der Waals surface area contributed by atoms with Gasteiger partial charge in [0.15, 0.2) is 0 Å². The molecule has 0 aliphatic carbocycles. The van der Waals surface area contributed by atoms with Crippen molar-refractivity contribution in [1.29, 1.82) is 0 Å². The van der Waals surface area contributed by atoms with Crippen molar-refractivity contribution in [3.05, 3.63) is 45.7 Å². The molecular weight excluding hydrogens is 299 g/mol. The van der Waals surface area contributed by atoms with Crippen LogP contribution in [0.25, 0.3) is 0 Å². The molecule has 106 valence electrons. The van der Waals surface area contributed by atoms with Gasteiger partial charge >= 0.3 is 5.97 Å². The third-order valence-corrected chi connectivity index (χ3v) is 3.87. The zero-order valence-corrected chi connectivity index (χ0v) is 11.2. The van der Waals surface area contributed by atoms with Crippen molar-refractivity contribution < 1.29 is 23.9 Å². The first-order valence-electron chi connectivity index (χ1n) is 5.81. The molecule has 8 heteroatoms. The fraction of sp³-hybridized carbons (Fsp3) is 0.0769. The number of fused-ring (bicyclic) bond motifs is 1. The van der Waals surface area contributed by atoms with E-state index in [1.54, 1.807) is 0 Å². The van der Waals surface area contributed by atoms with Crippen LogP contribution < -0.4 is 4.90 Å². The van der Waals surface area contributed by atoms with Crippen LogP contribution in [0.1, 0.15) is 25.9 Å². The Morgan fingerprint density at radius 1 is 1.38 bits per heavy atom. The minimum Gasteiger partial charge on any atom is -0.476 e. The van der Waals surface area contributed by atoms with Crippen molar-refractivity contribution in [3.8, 4) is 0 Å². The first-order chi connectivity index (χ1) is 9.97. The Kier molecular flexibility index (Phi) is 3.02. The van der Waals surface area contributed by atoms with Crippen molar-refractivity contribution in [2.24, 2.45) is 0 Å². The second-order valence-electron chi connectivity index (χ2n) is 4.33. The molecule has 2 heterocycles. The maximum absolute atomic E-state index is 13.2. The van der Waals surface area contributed by atoms with Crippen LogP contribution in [-0.2, 0) is 11.3 Å². The molecule has 0 spiro atoms. The van der Waals surface area contributed by atoms with Gasteiger partial charge < -0.3 is 5.11 Å². The Balaban J connectivity index is 1.94. The molecule has 1 aromatic carbocycles. The van der Waals surface area contributed by atoms with E-state index in [2.05, 4.69) is 4.98 Å². The molecule has 0 radical (unpaired) electrons. The number of nitrogens with zero attached hydrogens (tertiary/aromatic N) is 2. The predicted molar refractivity (Wildman–Crippen MR) is 71.0 cm³/mol. The number of hydrogen-bond acceptors (Lipinski definition) is 5. The number of aromatic carboxylic acids is 1. The monoisotopic (exact) mass is 306 g/mol. The molecule has 1 amide bonds. The minimum atomic E-state index is -1.16. The summed E-state index contributed by atoms with van der Waals surface area (Å²) in [5, 5.41) is 10.2. The molecule has 6 nitrogen and oxygen atoms in total. The number of carboxylic acids is 1. The number of thiazole rings is 1. The molecule has 0 atom stereocenters. The van der Waals surface area contributed by atoms with E-state index in [1.807, 2.05) is 0 Å². The standard InChI is InChI=1S/C13H7FN2O4S/c14-6-1-2-9-8(3-6)10(17)12(18)16(9)4-7-5-21-11(15-7)13(19)20/h1-3,5H,4H2,(H,19,20). The summed E-state index contributed by atoms with van der Waals surface area (Å²) < 4.78 is 13.2. The van der Waals surface area contributed by atoms with E-state index < -0.39 is 23.5 Å². The van der Waals surface area contributed by atoms with Crippen LogP contribution in [0.4, 0.5) is 10.1 Å². The van der Waals surface area contributed by atoms with Gasteiger partial charge in [-0.1, -0.05) is 0 Å². The van der Waals surface area contributed by atoms with Crippen molar-refractivity contribution in [2.45, 2.75) is 6.54 Å². The summed E-state index contributed by atoms with van der Waals surface area (Å²) in [6.45, 7) is -0.0347. The molecule has 21 heavy (non-hydrogen) atoms. The Bertz CT molecular complexity index is 786.